The average Bonchev–Trinajstić information content (AvgIpc) is 3.11. The van der Waals surface area contributed by atoms with Gasteiger partial charge in [-0.1, -0.05) is 18.2 Å². The molecule has 0 aliphatic carbocycles. The Morgan fingerprint density at radius 2 is 1.89 bits per heavy atom. The van der Waals surface area contributed by atoms with Crippen molar-refractivity contribution in [3.8, 4) is 17.2 Å². The van der Waals surface area contributed by atoms with Gasteiger partial charge in [0.15, 0.2) is 17.1 Å². The summed E-state index contributed by atoms with van der Waals surface area (Å²) in [6.45, 7) is 2.05. The van der Waals surface area contributed by atoms with Crippen molar-refractivity contribution < 1.29 is 9.47 Å². The molecule has 0 N–H and O–H groups in total. The number of rotatable bonds is 5. The number of fused-ring (bicyclic) bond motifs is 1. The number of hydrogen-bond donors (Lipinski definition) is 0. The van der Waals surface area contributed by atoms with Gasteiger partial charge in [-0.15, -0.1) is 0 Å². The Hall–Kier alpha value is -3.41. The molecule has 4 aromatic rings. The van der Waals surface area contributed by atoms with E-state index in [2.05, 4.69) is 35.3 Å². The van der Waals surface area contributed by atoms with E-state index in [1.165, 1.54) is 5.56 Å². The van der Waals surface area contributed by atoms with Crippen LogP contribution >= 0.6 is 0 Å². The first-order valence-corrected chi connectivity index (χ1v) is 8.58. The summed E-state index contributed by atoms with van der Waals surface area (Å²) in [4.78, 5) is 9.08. The molecule has 0 aliphatic rings. The van der Waals surface area contributed by atoms with Gasteiger partial charge in [0.1, 0.15) is 12.0 Å². The number of benzene rings is 2. The highest BCUT2D eigenvalue weighted by atomic mass is 16.5. The smallest absolute Gasteiger partial charge is 0.167 e. The van der Waals surface area contributed by atoms with Crippen LogP contribution in [0.25, 0.3) is 16.7 Å². The highest BCUT2D eigenvalue weighted by Crippen LogP contribution is 2.28. The van der Waals surface area contributed by atoms with E-state index in [0.29, 0.717) is 23.7 Å². The molecule has 6 heteroatoms. The summed E-state index contributed by atoms with van der Waals surface area (Å²) < 4.78 is 12.5. The lowest BCUT2D eigenvalue weighted by Gasteiger charge is -2.09. The molecule has 27 heavy (non-hydrogen) atoms. The van der Waals surface area contributed by atoms with Gasteiger partial charge in [-0.05, 0) is 42.3 Å². The number of hydrogen-bond acceptors (Lipinski definition) is 5. The fourth-order valence-electron chi connectivity index (χ4n) is 3.00. The van der Waals surface area contributed by atoms with Gasteiger partial charge in [-0.3, -0.25) is 0 Å². The standard InChI is InChI=1S/C21H19N4O2/c1-14-5-4-6-17(9-14)25-21-16(13-23-25)12-22-20(24-21)11-15-7-8-18(26-2)19(10-15)27-3/h4-10,13H,11H2,1-3H3. The van der Waals surface area contributed by atoms with Crippen molar-refractivity contribution in [3.05, 3.63) is 71.8 Å². The van der Waals surface area contributed by atoms with Crippen LogP contribution in [-0.4, -0.2) is 34.0 Å². The van der Waals surface area contributed by atoms with E-state index in [1.54, 1.807) is 20.4 Å². The molecule has 2 aromatic carbocycles. The number of nitrogens with zero attached hydrogens (tertiary/aromatic N) is 4. The molecule has 4 rings (SSSR count). The van der Waals surface area contributed by atoms with Gasteiger partial charge in [0.05, 0.1) is 31.5 Å². The second kappa shape index (κ2) is 7.07. The molecule has 0 aliphatic heterocycles. The highest BCUT2D eigenvalue weighted by molar-refractivity contribution is 5.74. The molecule has 135 valence electrons. The van der Waals surface area contributed by atoms with E-state index < -0.39 is 0 Å². The zero-order valence-corrected chi connectivity index (χ0v) is 15.4. The molecule has 2 aromatic heterocycles. The van der Waals surface area contributed by atoms with Crippen LogP contribution in [0.2, 0.25) is 0 Å². The van der Waals surface area contributed by atoms with Gasteiger partial charge in [-0.2, -0.15) is 5.10 Å². The molecular weight excluding hydrogens is 340 g/mol. The Labute approximate surface area is 157 Å². The number of ether oxygens (including phenoxy) is 2. The van der Waals surface area contributed by atoms with Gasteiger partial charge in [-0.25, -0.2) is 14.6 Å². The van der Waals surface area contributed by atoms with Crippen molar-refractivity contribution in [2.45, 2.75) is 13.3 Å². The summed E-state index contributed by atoms with van der Waals surface area (Å²) >= 11 is 0. The van der Waals surface area contributed by atoms with Crippen molar-refractivity contribution in [1.29, 1.82) is 0 Å². The molecule has 0 spiro atoms. The van der Waals surface area contributed by atoms with E-state index in [1.807, 2.05) is 35.0 Å². The minimum atomic E-state index is 0.561. The maximum atomic E-state index is 5.37. The Morgan fingerprint density at radius 3 is 2.67 bits per heavy atom. The first-order chi connectivity index (χ1) is 13.2. The summed E-state index contributed by atoms with van der Waals surface area (Å²) in [5.74, 6) is 2.05. The second-order valence-corrected chi connectivity index (χ2v) is 6.25. The quantitative estimate of drug-likeness (QED) is 0.545. The predicted octanol–water partition coefficient (Wildman–Crippen LogP) is 3.53. The van der Waals surface area contributed by atoms with Gasteiger partial charge in [0.25, 0.3) is 0 Å². The third-order valence-corrected chi connectivity index (χ3v) is 4.34. The number of aromatic nitrogens is 4. The molecular formula is C21H19N4O2. The predicted molar refractivity (Wildman–Crippen MR) is 103 cm³/mol. The number of aryl methyl sites for hydroxylation is 1. The molecule has 2 heterocycles. The van der Waals surface area contributed by atoms with Crippen LogP contribution in [0.5, 0.6) is 11.5 Å². The Balaban J connectivity index is 1.70. The Bertz CT molecular complexity index is 1100. The largest absolute Gasteiger partial charge is 0.493 e. The maximum Gasteiger partial charge on any atom is 0.167 e. The zero-order valence-electron chi connectivity index (χ0n) is 15.4. The van der Waals surface area contributed by atoms with Gasteiger partial charge < -0.3 is 9.47 Å². The van der Waals surface area contributed by atoms with Gasteiger partial charge in [0.2, 0.25) is 0 Å². The van der Waals surface area contributed by atoms with Gasteiger partial charge in [0, 0.05) is 6.42 Å². The van der Waals surface area contributed by atoms with Crippen LogP contribution in [0.1, 0.15) is 17.0 Å². The van der Waals surface area contributed by atoms with Crippen molar-refractivity contribution in [1.82, 2.24) is 19.7 Å². The van der Waals surface area contributed by atoms with Crippen molar-refractivity contribution >= 4 is 11.0 Å². The molecule has 0 saturated carbocycles. The second-order valence-electron chi connectivity index (χ2n) is 6.25. The molecule has 0 amide bonds. The van der Waals surface area contributed by atoms with Crippen LogP contribution < -0.4 is 9.47 Å². The number of methoxy groups -OCH3 is 2. The molecule has 1 radical (unpaired) electrons. The van der Waals surface area contributed by atoms with E-state index in [-0.39, 0.29) is 0 Å². The van der Waals surface area contributed by atoms with Crippen molar-refractivity contribution in [2.75, 3.05) is 14.2 Å². The third kappa shape index (κ3) is 3.33. The lowest BCUT2D eigenvalue weighted by atomic mass is 10.1. The van der Waals surface area contributed by atoms with Crippen molar-refractivity contribution in [3.63, 3.8) is 0 Å². The lowest BCUT2D eigenvalue weighted by molar-refractivity contribution is 0.354. The Kier molecular flexibility index (Phi) is 4.46. The topological polar surface area (TPSA) is 62.1 Å². The van der Waals surface area contributed by atoms with Crippen LogP contribution in [0.4, 0.5) is 0 Å². The summed E-state index contributed by atoms with van der Waals surface area (Å²) in [7, 11) is 3.24. The third-order valence-electron chi connectivity index (χ3n) is 4.34. The monoisotopic (exact) mass is 359 g/mol. The van der Waals surface area contributed by atoms with E-state index in [9.17, 15) is 0 Å². The lowest BCUT2D eigenvalue weighted by Crippen LogP contribution is -2.02. The first-order valence-electron chi connectivity index (χ1n) is 8.58. The maximum absolute atomic E-state index is 5.37. The molecule has 0 saturated heterocycles. The summed E-state index contributed by atoms with van der Waals surface area (Å²) in [5.41, 5.74) is 3.90. The molecule has 0 bridgehead atoms. The summed E-state index contributed by atoms with van der Waals surface area (Å²) in [6.07, 6.45) is 5.34. The van der Waals surface area contributed by atoms with Crippen LogP contribution in [0.3, 0.4) is 0 Å². The highest BCUT2D eigenvalue weighted by Gasteiger charge is 2.11. The zero-order chi connectivity index (χ0) is 18.8. The first kappa shape index (κ1) is 17.0. The fraction of sp³-hybridized carbons (Fsp3) is 0.190. The minimum Gasteiger partial charge on any atom is -0.493 e. The molecule has 0 atom stereocenters. The van der Waals surface area contributed by atoms with E-state index >= 15 is 0 Å². The normalized spacial score (nSPS) is 10.9. The van der Waals surface area contributed by atoms with Crippen LogP contribution in [-0.2, 0) is 6.42 Å². The van der Waals surface area contributed by atoms with E-state index in [0.717, 1.165) is 22.3 Å². The van der Waals surface area contributed by atoms with Crippen LogP contribution in [0, 0.1) is 13.1 Å². The minimum absolute atomic E-state index is 0.561. The fourth-order valence-corrected chi connectivity index (χ4v) is 3.00. The van der Waals surface area contributed by atoms with E-state index in [4.69, 9.17) is 14.5 Å². The Morgan fingerprint density at radius 1 is 1.04 bits per heavy atom. The summed E-state index contributed by atoms with van der Waals surface area (Å²) in [5, 5.41) is 5.24. The van der Waals surface area contributed by atoms with Crippen molar-refractivity contribution in [2.24, 2.45) is 0 Å². The summed E-state index contributed by atoms with van der Waals surface area (Å²) in [6, 6.07) is 13.9. The SMILES string of the molecule is COc1ccc(Cc2n[c]c3cnn(-c4cccc(C)c4)c3n2)cc1OC. The molecule has 0 unspecified atom stereocenters. The molecule has 0 fully saturated rings. The van der Waals surface area contributed by atoms with Crippen LogP contribution in [0.15, 0.2) is 48.7 Å². The average molecular weight is 359 g/mol. The molecule has 6 nitrogen and oxygen atoms in total. The van der Waals surface area contributed by atoms with Gasteiger partial charge >= 0.3 is 0 Å².